The monoisotopic (exact) mass is 137 g/mol. The molecule has 2 N–H and O–H groups in total. The van der Waals surface area contributed by atoms with Gasteiger partial charge in [-0.15, -0.1) is 0 Å². The number of hydrogen-bond donors (Lipinski definition) is 3. The van der Waals surface area contributed by atoms with E-state index in [1.165, 1.54) is 0 Å². The third kappa shape index (κ3) is 6.23. The molecule has 0 saturated heterocycles. The molecule has 3 nitrogen and oxygen atoms in total. The van der Waals surface area contributed by atoms with Crippen molar-refractivity contribution in [2.45, 2.75) is 0 Å². The van der Waals surface area contributed by atoms with Crippen LogP contribution in [0.1, 0.15) is 0 Å². The van der Waals surface area contributed by atoms with Gasteiger partial charge in [-0.25, -0.2) is 0 Å². The fourth-order valence-electron chi connectivity index (χ4n) is 0.284. The van der Waals surface area contributed by atoms with Crippen molar-refractivity contribution in [3.05, 3.63) is 0 Å². The minimum absolute atomic E-state index is 0.0899. The van der Waals surface area contributed by atoms with E-state index < -0.39 is 0 Å². The Morgan fingerprint density at radius 1 is 1.50 bits per heavy atom. The highest BCUT2D eigenvalue weighted by molar-refractivity contribution is 7.78. The number of aliphatic hydroxyl groups is 1. The summed E-state index contributed by atoms with van der Waals surface area (Å²) in [5, 5.41) is 8.20. The average Bonchev–Trinajstić information content (AvgIpc) is 1.81. The molecule has 0 unspecified atom stereocenters. The van der Waals surface area contributed by atoms with Crippen molar-refractivity contribution >= 4 is 12.8 Å². The van der Waals surface area contributed by atoms with E-state index in [1.54, 1.807) is 0 Å². The molecule has 0 heterocycles. The molecule has 0 atom stereocenters. The molecule has 0 aromatic carbocycles. The van der Waals surface area contributed by atoms with Crippen LogP contribution in [-0.2, 0) is 4.74 Å². The number of rotatable bonds is 5. The number of aliphatic hydroxyl groups excluding tert-OH is 1. The van der Waals surface area contributed by atoms with Gasteiger partial charge in [0.15, 0.2) is 0 Å². The first-order valence-corrected chi connectivity index (χ1v) is 2.92. The van der Waals surface area contributed by atoms with Crippen molar-refractivity contribution in [1.29, 1.82) is 0 Å². The molecule has 0 aliphatic heterocycles. The first kappa shape index (κ1) is 8.23. The van der Waals surface area contributed by atoms with Crippen LogP contribution in [0.2, 0.25) is 0 Å². The molecule has 0 amide bonds. The third-order valence-corrected chi connectivity index (χ3v) is 0.817. The summed E-state index contributed by atoms with van der Waals surface area (Å²) in [6, 6.07) is 0. The summed E-state index contributed by atoms with van der Waals surface area (Å²) in [7, 11) is 0. The minimum atomic E-state index is 0.0899. The Morgan fingerprint density at radius 2 is 2.25 bits per heavy atom. The van der Waals surface area contributed by atoms with Crippen LogP contribution in [0.3, 0.4) is 0 Å². The Morgan fingerprint density at radius 3 is 2.75 bits per heavy atom. The molecular formula is C4H11NO2S. The average molecular weight is 137 g/mol. The van der Waals surface area contributed by atoms with Crippen LogP contribution >= 0.6 is 12.8 Å². The predicted octanol–water partition coefficient (Wildman–Crippen LogP) is -0.570. The van der Waals surface area contributed by atoms with Gasteiger partial charge in [0, 0.05) is 6.54 Å². The summed E-state index contributed by atoms with van der Waals surface area (Å²) in [6.07, 6.45) is 0. The highest BCUT2D eigenvalue weighted by Gasteiger charge is 1.81. The van der Waals surface area contributed by atoms with E-state index in [9.17, 15) is 0 Å². The Kier molecular flexibility index (Phi) is 7.44. The van der Waals surface area contributed by atoms with E-state index in [-0.39, 0.29) is 6.61 Å². The van der Waals surface area contributed by atoms with Crippen molar-refractivity contribution in [2.75, 3.05) is 26.4 Å². The van der Waals surface area contributed by atoms with Crippen LogP contribution in [0.5, 0.6) is 0 Å². The van der Waals surface area contributed by atoms with Gasteiger partial charge in [-0.05, 0) is 0 Å². The van der Waals surface area contributed by atoms with Crippen molar-refractivity contribution in [3.8, 4) is 0 Å². The van der Waals surface area contributed by atoms with Crippen molar-refractivity contribution in [3.63, 3.8) is 0 Å². The van der Waals surface area contributed by atoms with Gasteiger partial charge in [-0.2, -0.15) is 0 Å². The Labute approximate surface area is 54.6 Å². The minimum Gasteiger partial charge on any atom is -0.394 e. The van der Waals surface area contributed by atoms with Gasteiger partial charge in [0.05, 0.1) is 19.8 Å². The third-order valence-electron chi connectivity index (χ3n) is 0.594. The van der Waals surface area contributed by atoms with Gasteiger partial charge in [0.1, 0.15) is 0 Å². The maximum Gasteiger partial charge on any atom is 0.0698 e. The maximum atomic E-state index is 8.20. The summed E-state index contributed by atoms with van der Waals surface area (Å²) in [5.74, 6) is 0. The number of ether oxygens (including phenoxy) is 1. The highest BCUT2D eigenvalue weighted by Crippen LogP contribution is 1.70. The molecule has 50 valence electrons. The van der Waals surface area contributed by atoms with Crippen molar-refractivity contribution in [2.24, 2.45) is 0 Å². The zero-order valence-electron chi connectivity index (χ0n) is 4.63. The zero-order valence-corrected chi connectivity index (χ0v) is 5.53. The summed E-state index contributed by atoms with van der Waals surface area (Å²) >= 11 is 3.73. The SMILES string of the molecule is OCCOCCNS. The Hall–Kier alpha value is 0.230. The van der Waals surface area contributed by atoms with Crippen LogP contribution < -0.4 is 4.72 Å². The Bertz CT molecular complexity index is 39.0. The lowest BCUT2D eigenvalue weighted by molar-refractivity contribution is 0.0964. The molecular weight excluding hydrogens is 126 g/mol. The van der Waals surface area contributed by atoms with Gasteiger partial charge in [0.2, 0.25) is 0 Å². The number of thiol groups is 1. The van der Waals surface area contributed by atoms with Crippen molar-refractivity contribution < 1.29 is 9.84 Å². The molecule has 0 aliphatic carbocycles. The smallest absolute Gasteiger partial charge is 0.0698 e. The molecule has 0 aromatic heterocycles. The molecule has 0 fully saturated rings. The van der Waals surface area contributed by atoms with Crippen molar-refractivity contribution in [1.82, 2.24) is 4.72 Å². The van der Waals surface area contributed by atoms with Gasteiger partial charge >= 0.3 is 0 Å². The number of hydrogen-bond acceptors (Lipinski definition) is 4. The molecule has 4 heteroatoms. The van der Waals surface area contributed by atoms with E-state index in [1.807, 2.05) is 0 Å². The van der Waals surface area contributed by atoms with E-state index in [0.29, 0.717) is 19.8 Å². The van der Waals surface area contributed by atoms with E-state index in [2.05, 4.69) is 17.5 Å². The van der Waals surface area contributed by atoms with Gasteiger partial charge in [-0.3, -0.25) is 4.72 Å². The summed E-state index contributed by atoms with van der Waals surface area (Å²) in [4.78, 5) is 0. The van der Waals surface area contributed by atoms with E-state index >= 15 is 0 Å². The number of nitrogens with one attached hydrogen (secondary N) is 1. The lowest BCUT2D eigenvalue weighted by atomic mass is 10.7. The molecule has 0 radical (unpaired) electrons. The highest BCUT2D eigenvalue weighted by atomic mass is 32.1. The molecule has 0 rings (SSSR count). The first-order valence-electron chi connectivity index (χ1n) is 2.47. The van der Waals surface area contributed by atoms with Crippen LogP contribution in [0.4, 0.5) is 0 Å². The summed E-state index contributed by atoms with van der Waals surface area (Å²) in [5.41, 5.74) is 0. The van der Waals surface area contributed by atoms with Crippen LogP contribution in [0, 0.1) is 0 Å². The molecule has 0 spiro atoms. The van der Waals surface area contributed by atoms with E-state index in [0.717, 1.165) is 0 Å². The standard InChI is InChI=1S/C4H11NO2S/c6-2-4-7-3-1-5-8/h5-6,8H,1-4H2. The van der Waals surface area contributed by atoms with Gasteiger partial charge in [-0.1, -0.05) is 12.8 Å². The molecule has 0 aromatic rings. The lowest BCUT2D eigenvalue weighted by Crippen LogP contribution is -2.11. The molecule has 0 aliphatic rings. The van der Waals surface area contributed by atoms with Crippen LogP contribution in [0.25, 0.3) is 0 Å². The quantitative estimate of drug-likeness (QED) is 0.351. The molecule has 8 heavy (non-hydrogen) atoms. The van der Waals surface area contributed by atoms with Crippen LogP contribution in [-0.4, -0.2) is 31.5 Å². The Balaban J connectivity index is 2.53. The normalized spacial score (nSPS) is 9.75. The second-order valence-corrected chi connectivity index (χ2v) is 1.56. The van der Waals surface area contributed by atoms with E-state index in [4.69, 9.17) is 9.84 Å². The fraction of sp³-hybridized carbons (Fsp3) is 1.00. The lowest BCUT2D eigenvalue weighted by Gasteiger charge is -1.98. The zero-order chi connectivity index (χ0) is 6.24. The van der Waals surface area contributed by atoms with Gasteiger partial charge < -0.3 is 9.84 Å². The van der Waals surface area contributed by atoms with Crippen LogP contribution in [0.15, 0.2) is 0 Å². The largest absolute Gasteiger partial charge is 0.394 e. The first-order chi connectivity index (χ1) is 3.91. The summed E-state index contributed by atoms with van der Waals surface area (Å²) < 4.78 is 7.48. The van der Waals surface area contributed by atoms with Gasteiger partial charge in [0.25, 0.3) is 0 Å². The topological polar surface area (TPSA) is 41.5 Å². The summed E-state index contributed by atoms with van der Waals surface area (Å²) in [6.45, 7) is 1.81. The molecule has 0 bridgehead atoms. The second kappa shape index (κ2) is 7.23. The second-order valence-electron chi connectivity index (χ2n) is 1.24. The maximum absolute atomic E-state index is 8.20. The predicted molar refractivity (Wildman–Crippen MR) is 34.9 cm³/mol. The fourth-order valence-corrected chi connectivity index (χ4v) is 0.376. The molecule has 0 saturated carbocycles.